The van der Waals surface area contributed by atoms with Gasteiger partial charge in [0.2, 0.25) is 6.33 Å². The van der Waals surface area contributed by atoms with Gasteiger partial charge in [0.05, 0.1) is 13.6 Å². The van der Waals surface area contributed by atoms with Crippen molar-refractivity contribution in [2.24, 2.45) is 7.05 Å². The molecule has 0 aliphatic rings. The van der Waals surface area contributed by atoms with Crippen LogP contribution in [0.1, 0.15) is 35.3 Å². The first kappa shape index (κ1) is 6.70. The van der Waals surface area contributed by atoms with Crippen LogP contribution in [0.25, 0.3) is 0 Å². The second kappa shape index (κ2) is 4.96. The van der Waals surface area contributed by atoms with Crippen molar-refractivity contribution in [3.63, 3.8) is 0 Å². The fourth-order valence-corrected chi connectivity index (χ4v) is 1.23. The Morgan fingerprint density at radius 3 is 2.83 bits per heavy atom. The van der Waals surface area contributed by atoms with E-state index in [1.165, 1.54) is 19.3 Å². The molecular weight excluding hydrogens is 148 g/mol. The van der Waals surface area contributed by atoms with E-state index < -0.39 is 0 Å². The van der Waals surface area contributed by atoms with E-state index in [-0.39, 0.29) is 0 Å². The van der Waals surface area contributed by atoms with Crippen LogP contribution in [0, 0.1) is 0 Å². The highest BCUT2D eigenvalue weighted by Crippen LogP contribution is 2.00. The average Bonchev–Trinajstić information content (AvgIpc) is 2.41. The van der Waals surface area contributed by atoms with Crippen molar-refractivity contribution >= 4 is 0 Å². The number of aryl methyl sites for hydroxylation is 2. The molecule has 0 aromatic carbocycles. The first-order valence-corrected chi connectivity index (χ1v) is 4.68. The van der Waals surface area contributed by atoms with Gasteiger partial charge in [0, 0.05) is 0 Å². The summed E-state index contributed by atoms with van der Waals surface area (Å²) >= 11 is 0. The molecule has 1 heterocycles. The van der Waals surface area contributed by atoms with Gasteiger partial charge in [-0.3, -0.25) is 0 Å². The van der Waals surface area contributed by atoms with Gasteiger partial charge in [0.15, 0.2) is 0 Å². The maximum atomic E-state index is 7.65. The number of nitrogens with zero attached hydrogens (tertiary/aromatic N) is 2. The van der Waals surface area contributed by atoms with Gasteiger partial charge in [-0.25, -0.2) is 9.13 Å². The topological polar surface area (TPSA) is 8.81 Å². The maximum absolute atomic E-state index is 7.65. The molecule has 0 aliphatic carbocycles. The lowest BCUT2D eigenvalue weighted by atomic mass is 10.2. The van der Waals surface area contributed by atoms with Crippen LogP contribution in [0.15, 0.2) is 18.7 Å². The summed E-state index contributed by atoms with van der Waals surface area (Å²) in [6, 6.07) is 0. The van der Waals surface area contributed by atoms with E-state index in [1.54, 1.807) is 4.57 Å². The molecule has 0 atom stereocenters. The van der Waals surface area contributed by atoms with Crippen LogP contribution in [-0.4, -0.2) is 4.57 Å². The van der Waals surface area contributed by atoms with Crippen molar-refractivity contribution in [2.75, 3.05) is 0 Å². The first-order valence-electron chi connectivity index (χ1n) is 5.68. The average molecular weight is 169 g/mol. The summed E-state index contributed by atoms with van der Waals surface area (Å²) in [7, 11) is 1.81. The monoisotopic (exact) mass is 169 g/mol. The van der Waals surface area contributed by atoms with Crippen LogP contribution in [0.3, 0.4) is 0 Å². The third-order valence-electron chi connectivity index (χ3n) is 1.94. The van der Waals surface area contributed by atoms with E-state index in [2.05, 4.69) is 6.92 Å². The summed E-state index contributed by atoms with van der Waals surface area (Å²) in [5.74, 6) is 0. The maximum Gasteiger partial charge on any atom is 0.243 e. The lowest BCUT2D eigenvalue weighted by Gasteiger charge is -1.95. The smallest absolute Gasteiger partial charge is 0.240 e. The number of unbranched alkanes of at least 4 members (excludes halogenated alkanes) is 3. The molecule has 0 fully saturated rings. The molecule has 2 heteroatoms. The highest BCUT2D eigenvalue weighted by atomic mass is 15.1. The van der Waals surface area contributed by atoms with Crippen LogP contribution in [0.5, 0.6) is 0 Å². The molecule has 0 bridgehead atoms. The summed E-state index contributed by atoms with van der Waals surface area (Å²) in [5.41, 5.74) is 0. The van der Waals surface area contributed by atoms with E-state index in [0.29, 0.717) is 12.3 Å². The molecule has 0 saturated heterocycles. The molecule has 1 aromatic heterocycles. The van der Waals surface area contributed by atoms with Crippen LogP contribution < -0.4 is 4.57 Å². The first-order chi connectivity index (χ1) is 6.66. The van der Waals surface area contributed by atoms with Crippen molar-refractivity contribution in [1.82, 2.24) is 4.57 Å². The number of rotatable bonds is 5. The fourth-order valence-electron chi connectivity index (χ4n) is 1.23. The molecule has 12 heavy (non-hydrogen) atoms. The zero-order valence-corrected chi connectivity index (χ0v) is 8.01. The SMILES string of the molecule is [2H]c1c([2H])[n+](C)cn1CCCCCC. The predicted molar refractivity (Wildman–Crippen MR) is 49.8 cm³/mol. The lowest BCUT2D eigenvalue weighted by Crippen LogP contribution is -2.23. The molecule has 0 radical (unpaired) electrons. The Morgan fingerprint density at radius 2 is 2.25 bits per heavy atom. The minimum absolute atomic E-state index is 0.292. The van der Waals surface area contributed by atoms with Crippen LogP contribution >= 0.6 is 0 Å². The number of imidazole rings is 1. The van der Waals surface area contributed by atoms with Crippen molar-refractivity contribution in [3.8, 4) is 0 Å². The fraction of sp³-hybridized carbons (Fsp3) is 0.700. The van der Waals surface area contributed by atoms with Gasteiger partial charge in [-0.05, 0) is 12.8 Å². The molecule has 0 N–H and O–H groups in total. The minimum Gasteiger partial charge on any atom is -0.240 e. The molecule has 0 aliphatic heterocycles. The second-order valence-electron chi connectivity index (χ2n) is 3.20. The minimum atomic E-state index is 0.292. The molecule has 2 nitrogen and oxygen atoms in total. The lowest BCUT2D eigenvalue weighted by molar-refractivity contribution is -0.671. The summed E-state index contributed by atoms with van der Waals surface area (Å²) in [4.78, 5) is 0. The Labute approximate surface area is 77.6 Å². The molecule has 0 spiro atoms. The van der Waals surface area contributed by atoms with E-state index >= 15 is 0 Å². The Kier molecular flexibility index (Phi) is 2.77. The Hall–Kier alpha value is -0.790. The van der Waals surface area contributed by atoms with Gasteiger partial charge in [0.1, 0.15) is 15.1 Å². The summed E-state index contributed by atoms with van der Waals surface area (Å²) in [6.07, 6.45) is 7.26. The highest BCUT2D eigenvalue weighted by Gasteiger charge is 1.97. The second-order valence-corrected chi connectivity index (χ2v) is 3.20. The van der Waals surface area contributed by atoms with Crippen molar-refractivity contribution in [1.29, 1.82) is 0 Å². The predicted octanol–water partition coefficient (Wildman–Crippen LogP) is 1.89. The van der Waals surface area contributed by atoms with Gasteiger partial charge in [0.25, 0.3) is 0 Å². The number of hydrogen-bond donors (Lipinski definition) is 0. The summed E-state index contributed by atoms with van der Waals surface area (Å²) in [5, 5.41) is 0. The molecule has 1 rings (SSSR count). The molecule has 68 valence electrons. The van der Waals surface area contributed by atoms with E-state index in [4.69, 9.17) is 2.74 Å². The quantitative estimate of drug-likeness (QED) is 0.470. The Bertz CT molecular complexity index is 295. The van der Waals surface area contributed by atoms with Gasteiger partial charge in [-0.2, -0.15) is 0 Å². The zero-order chi connectivity index (χ0) is 10.6. The van der Waals surface area contributed by atoms with Gasteiger partial charge in [-0.1, -0.05) is 19.8 Å². The van der Waals surface area contributed by atoms with Crippen LogP contribution in [0.2, 0.25) is 0 Å². The van der Waals surface area contributed by atoms with Gasteiger partial charge < -0.3 is 0 Å². The van der Waals surface area contributed by atoms with Crippen molar-refractivity contribution < 1.29 is 7.31 Å². The van der Waals surface area contributed by atoms with Crippen LogP contribution in [0.4, 0.5) is 0 Å². The highest BCUT2D eigenvalue weighted by molar-refractivity contribution is 4.65. The molecule has 0 unspecified atom stereocenters. The van der Waals surface area contributed by atoms with E-state index in [9.17, 15) is 0 Å². The number of hydrogen-bond acceptors (Lipinski definition) is 0. The van der Waals surface area contributed by atoms with Gasteiger partial charge >= 0.3 is 0 Å². The van der Waals surface area contributed by atoms with Crippen LogP contribution in [-0.2, 0) is 13.6 Å². The molecule has 0 amide bonds. The summed E-state index contributed by atoms with van der Waals surface area (Å²) in [6.45, 7) is 3.05. The third-order valence-corrected chi connectivity index (χ3v) is 1.94. The molecule has 1 aromatic rings. The summed E-state index contributed by atoms with van der Waals surface area (Å²) < 4.78 is 18.7. The normalized spacial score (nSPS) is 12.8. The van der Waals surface area contributed by atoms with E-state index in [0.717, 1.165) is 13.0 Å². The molecular formula is C10H19N2+. The largest absolute Gasteiger partial charge is 0.243 e. The van der Waals surface area contributed by atoms with Gasteiger partial charge in [-0.15, -0.1) is 0 Å². The van der Waals surface area contributed by atoms with E-state index in [1.807, 2.05) is 17.9 Å². The van der Waals surface area contributed by atoms with Crippen molar-refractivity contribution in [3.05, 3.63) is 18.7 Å². The number of aromatic nitrogens is 2. The standard InChI is InChI=1S/C10H19N2/c1-3-4-5-6-7-12-9-8-11(2)10-12/h8-10H,3-7H2,1-2H3/q+1/i8D,9D. The molecule has 0 saturated carbocycles. The van der Waals surface area contributed by atoms with Crippen molar-refractivity contribution in [2.45, 2.75) is 39.2 Å². The third kappa shape index (κ3) is 3.07. The zero-order valence-electron chi connectivity index (χ0n) is 10.0. The Morgan fingerprint density at radius 1 is 1.42 bits per heavy atom. The Balaban J connectivity index is 2.47.